The normalized spacial score (nSPS) is 18.2. The molecule has 1 saturated carbocycles. The Bertz CT molecular complexity index is 336. The van der Waals surface area contributed by atoms with Crippen LogP contribution in [0.15, 0.2) is 22.7 Å². The number of hydrogen-bond acceptors (Lipinski definition) is 1. The van der Waals surface area contributed by atoms with Gasteiger partial charge in [-0.2, -0.15) is 0 Å². The Hall–Kier alpha value is -0.410. The van der Waals surface area contributed by atoms with E-state index in [0.29, 0.717) is 5.92 Å². The van der Waals surface area contributed by atoms with Crippen molar-refractivity contribution in [3.05, 3.63) is 34.1 Å². The van der Waals surface area contributed by atoms with E-state index in [4.69, 9.17) is 0 Å². The summed E-state index contributed by atoms with van der Waals surface area (Å²) in [5.74, 6) is 0.503. The Morgan fingerprint density at radius 2 is 2.21 bits per heavy atom. The van der Waals surface area contributed by atoms with Crippen LogP contribution in [0.1, 0.15) is 24.4 Å². The van der Waals surface area contributed by atoms with Crippen molar-refractivity contribution in [3.63, 3.8) is 0 Å². The minimum absolute atomic E-state index is 0.112. The van der Waals surface area contributed by atoms with Crippen molar-refractivity contribution < 1.29 is 4.39 Å². The smallest absolute Gasteiger partial charge is 0.128 e. The molecule has 1 aliphatic rings. The summed E-state index contributed by atoms with van der Waals surface area (Å²) in [6, 6.07) is 5.30. The van der Waals surface area contributed by atoms with Crippen LogP contribution in [0.25, 0.3) is 0 Å². The summed E-state index contributed by atoms with van der Waals surface area (Å²) < 4.78 is 14.5. The van der Waals surface area contributed by atoms with E-state index in [1.165, 1.54) is 18.9 Å². The van der Waals surface area contributed by atoms with Crippen LogP contribution < -0.4 is 5.32 Å². The lowest BCUT2D eigenvalue weighted by atomic mass is 10.0. The van der Waals surface area contributed by atoms with Crippen molar-refractivity contribution in [1.29, 1.82) is 0 Å². The molecule has 1 unspecified atom stereocenters. The molecule has 76 valence electrons. The molecular formula is C11H13BrFN. The van der Waals surface area contributed by atoms with Crippen molar-refractivity contribution in [2.75, 3.05) is 7.05 Å². The van der Waals surface area contributed by atoms with Crippen molar-refractivity contribution >= 4 is 15.9 Å². The molecule has 0 bridgehead atoms. The van der Waals surface area contributed by atoms with Crippen LogP contribution in [0, 0.1) is 11.7 Å². The SMILES string of the molecule is CNC(c1cc(Br)ccc1F)C1CC1. The fourth-order valence-corrected chi connectivity index (χ4v) is 2.21. The molecule has 2 rings (SSSR count). The second-order valence-corrected chi connectivity index (χ2v) is 4.69. The molecule has 0 aliphatic heterocycles. The van der Waals surface area contributed by atoms with Gasteiger partial charge in [-0.25, -0.2) is 4.39 Å². The lowest BCUT2D eigenvalue weighted by molar-refractivity contribution is 0.492. The first kappa shape index (κ1) is 10.1. The van der Waals surface area contributed by atoms with Gasteiger partial charge in [0.1, 0.15) is 5.82 Å². The minimum Gasteiger partial charge on any atom is -0.313 e. The zero-order valence-corrected chi connectivity index (χ0v) is 9.64. The largest absolute Gasteiger partial charge is 0.313 e. The van der Waals surface area contributed by atoms with Crippen molar-refractivity contribution in [1.82, 2.24) is 5.32 Å². The Labute approximate surface area is 91.8 Å². The third-order valence-electron chi connectivity index (χ3n) is 2.70. The maximum absolute atomic E-state index is 13.5. The van der Waals surface area contributed by atoms with Crippen molar-refractivity contribution in [2.45, 2.75) is 18.9 Å². The maximum atomic E-state index is 13.5. The zero-order valence-electron chi connectivity index (χ0n) is 8.06. The van der Waals surface area contributed by atoms with Crippen LogP contribution in [-0.4, -0.2) is 7.05 Å². The average molecular weight is 258 g/mol. The van der Waals surface area contributed by atoms with E-state index < -0.39 is 0 Å². The lowest BCUT2D eigenvalue weighted by Crippen LogP contribution is -2.19. The minimum atomic E-state index is -0.112. The van der Waals surface area contributed by atoms with Gasteiger partial charge in [0.25, 0.3) is 0 Å². The molecule has 0 spiro atoms. The molecule has 0 aromatic heterocycles. The Kier molecular flexibility index (Phi) is 2.88. The summed E-state index contributed by atoms with van der Waals surface area (Å²) in [5, 5.41) is 3.19. The summed E-state index contributed by atoms with van der Waals surface area (Å²) in [6.07, 6.45) is 2.41. The second-order valence-electron chi connectivity index (χ2n) is 3.77. The highest BCUT2D eigenvalue weighted by Crippen LogP contribution is 2.41. The summed E-state index contributed by atoms with van der Waals surface area (Å²) in [5.41, 5.74) is 0.782. The topological polar surface area (TPSA) is 12.0 Å². The van der Waals surface area contributed by atoms with Gasteiger partial charge in [-0.05, 0) is 44.0 Å². The number of benzene rings is 1. The Morgan fingerprint density at radius 1 is 1.50 bits per heavy atom. The third-order valence-corrected chi connectivity index (χ3v) is 3.19. The molecule has 1 aliphatic carbocycles. The summed E-state index contributed by atoms with van der Waals surface area (Å²) in [4.78, 5) is 0. The lowest BCUT2D eigenvalue weighted by Gasteiger charge is -2.16. The van der Waals surface area contributed by atoms with Gasteiger partial charge in [0.2, 0.25) is 0 Å². The van der Waals surface area contributed by atoms with E-state index in [-0.39, 0.29) is 11.9 Å². The first-order chi connectivity index (χ1) is 6.72. The molecule has 0 saturated heterocycles. The molecule has 14 heavy (non-hydrogen) atoms. The van der Waals surface area contributed by atoms with E-state index in [0.717, 1.165) is 10.0 Å². The predicted molar refractivity (Wildman–Crippen MR) is 58.6 cm³/mol. The summed E-state index contributed by atoms with van der Waals surface area (Å²) >= 11 is 3.37. The highest BCUT2D eigenvalue weighted by molar-refractivity contribution is 9.10. The molecule has 1 aromatic rings. The summed E-state index contributed by atoms with van der Waals surface area (Å²) in [7, 11) is 1.89. The number of rotatable bonds is 3. The van der Waals surface area contributed by atoms with Crippen LogP contribution in [0.3, 0.4) is 0 Å². The van der Waals surface area contributed by atoms with Gasteiger partial charge in [-0.15, -0.1) is 0 Å². The van der Waals surface area contributed by atoms with Crippen LogP contribution in [0.4, 0.5) is 4.39 Å². The maximum Gasteiger partial charge on any atom is 0.128 e. The summed E-state index contributed by atoms with van der Waals surface area (Å²) in [6.45, 7) is 0. The fraction of sp³-hybridized carbons (Fsp3) is 0.455. The first-order valence-corrected chi connectivity index (χ1v) is 5.64. The van der Waals surface area contributed by atoms with Gasteiger partial charge in [-0.1, -0.05) is 15.9 Å². The van der Waals surface area contributed by atoms with E-state index in [1.807, 2.05) is 13.1 Å². The third kappa shape index (κ3) is 1.98. The van der Waals surface area contributed by atoms with E-state index in [9.17, 15) is 4.39 Å². The van der Waals surface area contributed by atoms with Crippen LogP contribution in [0.2, 0.25) is 0 Å². The van der Waals surface area contributed by atoms with Gasteiger partial charge in [0, 0.05) is 16.1 Å². The fourth-order valence-electron chi connectivity index (χ4n) is 1.83. The van der Waals surface area contributed by atoms with Crippen LogP contribution >= 0.6 is 15.9 Å². The van der Waals surface area contributed by atoms with Crippen LogP contribution in [0.5, 0.6) is 0 Å². The zero-order chi connectivity index (χ0) is 10.1. The average Bonchev–Trinajstić information content (AvgIpc) is 2.96. The van der Waals surface area contributed by atoms with Gasteiger partial charge < -0.3 is 5.32 Å². The molecule has 1 atom stereocenters. The highest BCUT2D eigenvalue weighted by atomic mass is 79.9. The van der Waals surface area contributed by atoms with Gasteiger partial charge in [0.05, 0.1) is 0 Å². The molecule has 0 radical (unpaired) electrons. The van der Waals surface area contributed by atoms with E-state index >= 15 is 0 Å². The molecule has 3 heteroatoms. The number of nitrogens with one attached hydrogen (secondary N) is 1. The molecule has 1 fully saturated rings. The molecule has 0 heterocycles. The number of halogens is 2. The van der Waals surface area contributed by atoms with E-state index in [1.54, 1.807) is 6.07 Å². The van der Waals surface area contributed by atoms with Crippen molar-refractivity contribution in [3.8, 4) is 0 Å². The molecule has 0 amide bonds. The van der Waals surface area contributed by atoms with Crippen molar-refractivity contribution in [2.24, 2.45) is 5.92 Å². The molecule has 1 nitrogen and oxygen atoms in total. The Balaban J connectivity index is 2.32. The number of hydrogen-bond donors (Lipinski definition) is 1. The quantitative estimate of drug-likeness (QED) is 0.877. The Morgan fingerprint density at radius 3 is 2.79 bits per heavy atom. The monoisotopic (exact) mass is 257 g/mol. The molecular weight excluding hydrogens is 245 g/mol. The van der Waals surface area contributed by atoms with Gasteiger partial charge in [0.15, 0.2) is 0 Å². The van der Waals surface area contributed by atoms with E-state index in [2.05, 4.69) is 21.2 Å². The standard InChI is InChI=1S/C11H13BrFN/c1-14-11(7-2-3-7)9-6-8(12)4-5-10(9)13/h4-7,11,14H,2-3H2,1H3. The second kappa shape index (κ2) is 3.99. The van der Waals surface area contributed by atoms with Gasteiger partial charge in [-0.3, -0.25) is 0 Å². The first-order valence-electron chi connectivity index (χ1n) is 4.84. The molecule has 1 N–H and O–H groups in total. The highest BCUT2D eigenvalue weighted by Gasteiger charge is 2.32. The van der Waals surface area contributed by atoms with Gasteiger partial charge >= 0.3 is 0 Å². The van der Waals surface area contributed by atoms with Crippen LogP contribution in [-0.2, 0) is 0 Å². The molecule has 1 aromatic carbocycles. The predicted octanol–water partition coefficient (Wildman–Crippen LogP) is 3.26.